The first-order valence-corrected chi connectivity index (χ1v) is 6.28. The van der Waals surface area contributed by atoms with Gasteiger partial charge in [-0.05, 0) is 30.3 Å². The van der Waals surface area contributed by atoms with E-state index < -0.39 is 0 Å². The minimum absolute atomic E-state index is 0.193. The Hall–Kier alpha value is -3.15. The first kappa shape index (κ1) is 11.7. The number of ether oxygens (including phenoxy) is 1. The minimum atomic E-state index is 0.193. The number of rotatable bonds is 3. The van der Waals surface area contributed by atoms with Crippen LogP contribution in [0.3, 0.4) is 0 Å². The molecule has 2 aromatic carbocycles. The lowest BCUT2D eigenvalue weighted by atomic mass is 10.2. The van der Waals surface area contributed by atoms with E-state index in [4.69, 9.17) is 13.6 Å². The van der Waals surface area contributed by atoms with Crippen molar-refractivity contribution in [3.05, 3.63) is 54.9 Å². The Kier molecular flexibility index (Phi) is 2.64. The molecule has 102 valence electrons. The standard InChI is InChI=1S/C15H9N3O3/c1-2-7-13-12(6-1)17-15(21-13)20-11-5-3-4-10(8-11)14-18-16-9-19-14/h1-9H. The van der Waals surface area contributed by atoms with Crippen LogP contribution in [0.1, 0.15) is 0 Å². The lowest BCUT2D eigenvalue weighted by Gasteiger charge is -2.01. The number of aromatic nitrogens is 3. The van der Waals surface area contributed by atoms with Crippen LogP contribution >= 0.6 is 0 Å². The molecule has 0 saturated heterocycles. The molecule has 2 heterocycles. The van der Waals surface area contributed by atoms with Crippen LogP contribution in [0.15, 0.2) is 63.8 Å². The summed E-state index contributed by atoms with van der Waals surface area (Å²) in [6, 6.07) is 14.7. The van der Waals surface area contributed by atoms with Crippen LogP contribution in [-0.4, -0.2) is 15.2 Å². The topological polar surface area (TPSA) is 74.2 Å². The second kappa shape index (κ2) is 4.75. The summed E-state index contributed by atoms with van der Waals surface area (Å²) in [4.78, 5) is 4.26. The van der Waals surface area contributed by atoms with Gasteiger partial charge in [0.15, 0.2) is 5.58 Å². The van der Waals surface area contributed by atoms with E-state index in [1.165, 1.54) is 6.39 Å². The SMILES string of the molecule is c1cc(Oc2nc3ccccc3o2)cc(-c2nnco2)c1. The molecule has 4 rings (SSSR count). The number of hydrogen-bond donors (Lipinski definition) is 0. The summed E-state index contributed by atoms with van der Waals surface area (Å²) in [7, 11) is 0. The van der Waals surface area contributed by atoms with Crippen molar-refractivity contribution < 1.29 is 13.6 Å². The molecule has 0 N–H and O–H groups in total. The molecule has 0 radical (unpaired) electrons. The van der Waals surface area contributed by atoms with Crippen molar-refractivity contribution in [1.82, 2.24) is 15.2 Å². The quantitative estimate of drug-likeness (QED) is 0.569. The van der Waals surface area contributed by atoms with E-state index in [1.807, 2.05) is 36.4 Å². The van der Waals surface area contributed by atoms with Crippen LogP contribution in [0.25, 0.3) is 22.6 Å². The van der Waals surface area contributed by atoms with Crippen LogP contribution < -0.4 is 4.74 Å². The predicted octanol–water partition coefficient (Wildman–Crippen LogP) is 3.67. The van der Waals surface area contributed by atoms with E-state index in [0.717, 1.165) is 11.1 Å². The third kappa shape index (κ3) is 2.23. The van der Waals surface area contributed by atoms with Crippen molar-refractivity contribution in [2.75, 3.05) is 0 Å². The van der Waals surface area contributed by atoms with Gasteiger partial charge >= 0.3 is 6.08 Å². The zero-order valence-corrected chi connectivity index (χ0v) is 10.8. The monoisotopic (exact) mass is 279 g/mol. The van der Waals surface area contributed by atoms with Crippen LogP contribution in [0.4, 0.5) is 0 Å². The molecule has 0 bridgehead atoms. The minimum Gasteiger partial charge on any atom is -0.423 e. The summed E-state index contributed by atoms with van der Waals surface area (Å²) >= 11 is 0. The largest absolute Gasteiger partial charge is 0.423 e. The Balaban J connectivity index is 1.66. The second-order valence-corrected chi connectivity index (χ2v) is 4.32. The van der Waals surface area contributed by atoms with E-state index >= 15 is 0 Å². The number of nitrogens with zero attached hydrogens (tertiary/aromatic N) is 3. The van der Waals surface area contributed by atoms with Crippen molar-refractivity contribution >= 4 is 11.1 Å². The molecule has 0 spiro atoms. The van der Waals surface area contributed by atoms with E-state index in [2.05, 4.69) is 15.2 Å². The van der Waals surface area contributed by atoms with Gasteiger partial charge < -0.3 is 13.6 Å². The maximum Gasteiger partial charge on any atom is 0.400 e. The Morgan fingerprint density at radius 1 is 1.00 bits per heavy atom. The number of hydrogen-bond acceptors (Lipinski definition) is 6. The molecular formula is C15H9N3O3. The smallest absolute Gasteiger partial charge is 0.400 e. The number of para-hydroxylation sites is 2. The van der Waals surface area contributed by atoms with Gasteiger partial charge in [-0.1, -0.05) is 18.2 Å². The summed E-state index contributed by atoms with van der Waals surface area (Å²) in [5.41, 5.74) is 2.20. The number of fused-ring (bicyclic) bond motifs is 1. The molecule has 0 atom stereocenters. The van der Waals surface area contributed by atoms with Gasteiger partial charge in [-0.2, -0.15) is 4.98 Å². The van der Waals surface area contributed by atoms with Crippen molar-refractivity contribution in [2.45, 2.75) is 0 Å². The molecule has 0 fully saturated rings. The predicted molar refractivity (Wildman–Crippen MR) is 73.8 cm³/mol. The molecule has 6 heteroatoms. The average molecular weight is 279 g/mol. The molecule has 0 aliphatic carbocycles. The van der Waals surface area contributed by atoms with Crippen LogP contribution in [0.2, 0.25) is 0 Å². The molecule has 6 nitrogen and oxygen atoms in total. The lowest BCUT2D eigenvalue weighted by molar-refractivity contribution is 0.343. The third-order valence-corrected chi connectivity index (χ3v) is 2.92. The van der Waals surface area contributed by atoms with Crippen molar-refractivity contribution in [1.29, 1.82) is 0 Å². The second-order valence-electron chi connectivity index (χ2n) is 4.32. The van der Waals surface area contributed by atoms with Crippen LogP contribution in [0, 0.1) is 0 Å². The Bertz CT molecular complexity index is 851. The Labute approximate surface area is 119 Å². The Morgan fingerprint density at radius 2 is 1.95 bits per heavy atom. The van der Waals surface area contributed by atoms with Gasteiger partial charge in [0.25, 0.3) is 0 Å². The molecule has 4 aromatic rings. The van der Waals surface area contributed by atoms with Gasteiger partial charge in [-0.15, -0.1) is 10.2 Å². The van der Waals surface area contributed by atoms with Gasteiger partial charge in [0.1, 0.15) is 11.3 Å². The molecule has 0 aliphatic rings. The maximum atomic E-state index is 5.63. The number of oxazole rings is 1. The van der Waals surface area contributed by atoms with E-state index in [9.17, 15) is 0 Å². The number of benzene rings is 2. The van der Waals surface area contributed by atoms with Gasteiger partial charge in [0.2, 0.25) is 12.3 Å². The molecule has 0 amide bonds. The average Bonchev–Trinajstić information content (AvgIpc) is 3.16. The maximum absolute atomic E-state index is 5.63. The zero-order valence-electron chi connectivity index (χ0n) is 10.8. The van der Waals surface area contributed by atoms with Crippen molar-refractivity contribution in [2.24, 2.45) is 0 Å². The van der Waals surface area contributed by atoms with E-state index in [0.29, 0.717) is 17.2 Å². The van der Waals surface area contributed by atoms with Crippen molar-refractivity contribution in [3.8, 4) is 23.3 Å². The summed E-state index contributed by atoms with van der Waals surface area (Å²) in [5.74, 6) is 1.01. The third-order valence-electron chi connectivity index (χ3n) is 2.92. The van der Waals surface area contributed by atoms with E-state index in [-0.39, 0.29) is 6.08 Å². The summed E-state index contributed by atoms with van der Waals surface area (Å²) in [5, 5.41) is 7.51. The molecule has 0 aliphatic heterocycles. The fraction of sp³-hybridized carbons (Fsp3) is 0. The molecular weight excluding hydrogens is 270 g/mol. The highest BCUT2D eigenvalue weighted by Gasteiger charge is 2.09. The first-order valence-electron chi connectivity index (χ1n) is 6.28. The molecule has 0 unspecified atom stereocenters. The molecule has 21 heavy (non-hydrogen) atoms. The fourth-order valence-corrected chi connectivity index (χ4v) is 1.99. The highest BCUT2D eigenvalue weighted by atomic mass is 16.6. The fourth-order valence-electron chi connectivity index (χ4n) is 1.99. The van der Waals surface area contributed by atoms with Crippen LogP contribution in [-0.2, 0) is 0 Å². The highest BCUT2D eigenvalue weighted by molar-refractivity contribution is 5.72. The van der Waals surface area contributed by atoms with Gasteiger partial charge in [0.05, 0.1) is 0 Å². The summed E-state index contributed by atoms with van der Waals surface area (Å²) in [6.07, 6.45) is 1.47. The van der Waals surface area contributed by atoms with Crippen molar-refractivity contribution in [3.63, 3.8) is 0 Å². The van der Waals surface area contributed by atoms with Gasteiger partial charge in [-0.3, -0.25) is 0 Å². The highest BCUT2D eigenvalue weighted by Crippen LogP contribution is 2.28. The first-order chi connectivity index (χ1) is 10.4. The molecule has 2 aromatic heterocycles. The van der Waals surface area contributed by atoms with Crippen LogP contribution in [0.5, 0.6) is 11.8 Å². The van der Waals surface area contributed by atoms with Gasteiger partial charge in [0, 0.05) is 5.56 Å². The normalized spacial score (nSPS) is 10.9. The molecule has 0 saturated carbocycles. The lowest BCUT2D eigenvalue weighted by Crippen LogP contribution is -1.85. The summed E-state index contributed by atoms with van der Waals surface area (Å²) in [6.45, 7) is 0. The summed E-state index contributed by atoms with van der Waals surface area (Å²) < 4.78 is 16.3. The Morgan fingerprint density at radius 3 is 2.81 bits per heavy atom. The van der Waals surface area contributed by atoms with E-state index in [1.54, 1.807) is 12.1 Å². The zero-order chi connectivity index (χ0) is 14.1. The van der Waals surface area contributed by atoms with Gasteiger partial charge in [-0.25, -0.2) is 0 Å².